The van der Waals surface area contributed by atoms with Crippen molar-refractivity contribution in [2.45, 2.75) is 26.4 Å². The molecule has 1 unspecified atom stereocenters. The van der Waals surface area contributed by atoms with Crippen molar-refractivity contribution in [3.05, 3.63) is 70.2 Å². The number of rotatable bonds is 5. The third-order valence-electron chi connectivity index (χ3n) is 3.78. The molecule has 0 aliphatic rings. The number of benzene rings is 2. The van der Waals surface area contributed by atoms with Crippen LogP contribution in [0.25, 0.3) is 0 Å². The van der Waals surface area contributed by atoms with Crippen molar-refractivity contribution in [3.63, 3.8) is 0 Å². The Balaban J connectivity index is 2.02. The normalized spacial score (nSPS) is 12.0. The number of hydrogen-bond donors (Lipinski definition) is 1. The van der Waals surface area contributed by atoms with E-state index in [0.717, 1.165) is 15.6 Å². The molecule has 0 spiro atoms. The SMILES string of the molecule is CC(C)C(NC(=O)N(C)Cc1ccc(Br)cc1)c1ccccc1. The lowest BCUT2D eigenvalue weighted by Gasteiger charge is -2.26. The molecule has 4 heteroatoms. The number of carbonyl (C=O) groups excluding carboxylic acids is 1. The lowest BCUT2D eigenvalue weighted by molar-refractivity contribution is 0.199. The zero-order valence-corrected chi connectivity index (χ0v) is 15.4. The minimum Gasteiger partial charge on any atom is -0.331 e. The summed E-state index contributed by atoms with van der Waals surface area (Å²) in [6, 6.07) is 18.1. The summed E-state index contributed by atoms with van der Waals surface area (Å²) in [5, 5.41) is 3.14. The van der Waals surface area contributed by atoms with Crippen LogP contribution in [0.2, 0.25) is 0 Å². The fraction of sp³-hybridized carbons (Fsp3) is 0.316. The first-order valence-electron chi connectivity index (χ1n) is 7.78. The number of urea groups is 1. The fourth-order valence-corrected chi connectivity index (χ4v) is 2.74. The topological polar surface area (TPSA) is 32.3 Å². The van der Waals surface area contributed by atoms with Gasteiger partial charge in [-0.15, -0.1) is 0 Å². The molecule has 0 heterocycles. The van der Waals surface area contributed by atoms with E-state index in [-0.39, 0.29) is 12.1 Å². The van der Waals surface area contributed by atoms with Crippen molar-refractivity contribution in [1.82, 2.24) is 10.2 Å². The average molecular weight is 375 g/mol. The maximum absolute atomic E-state index is 12.5. The molecule has 0 aliphatic carbocycles. The third-order valence-corrected chi connectivity index (χ3v) is 4.31. The zero-order chi connectivity index (χ0) is 16.8. The number of hydrogen-bond acceptors (Lipinski definition) is 1. The van der Waals surface area contributed by atoms with Crippen LogP contribution in [0.4, 0.5) is 4.79 Å². The fourth-order valence-electron chi connectivity index (χ4n) is 2.47. The summed E-state index contributed by atoms with van der Waals surface area (Å²) in [5.74, 6) is 0.322. The van der Waals surface area contributed by atoms with E-state index in [4.69, 9.17) is 0 Å². The summed E-state index contributed by atoms with van der Waals surface area (Å²) in [6.45, 7) is 4.82. The van der Waals surface area contributed by atoms with E-state index in [0.29, 0.717) is 12.5 Å². The number of carbonyl (C=O) groups is 1. The van der Waals surface area contributed by atoms with Crippen LogP contribution < -0.4 is 5.32 Å². The number of halogens is 1. The predicted molar refractivity (Wildman–Crippen MR) is 98.2 cm³/mol. The highest BCUT2D eigenvalue weighted by Gasteiger charge is 2.20. The third kappa shape index (κ3) is 5.10. The van der Waals surface area contributed by atoms with Crippen LogP contribution in [-0.2, 0) is 6.54 Å². The van der Waals surface area contributed by atoms with Crippen molar-refractivity contribution in [2.75, 3.05) is 7.05 Å². The minimum absolute atomic E-state index is 0.0102. The Labute approximate surface area is 146 Å². The van der Waals surface area contributed by atoms with Gasteiger partial charge in [-0.25, -0.2) is 4.79 Å². The molecular formula is C19H23BrN2O. The van der Waals surface area contributed by atoms with Gasteiger partial charge < -0.3 is 10.2 Å². The maximum Gasteiger partial charge on any atom is 0.317 e. The summed E-state index contributed by atoms with van der Waals surface area (Å²) in [4.78, 5) is 14.2. The van der Waals surface area contributed by atoms with Crippen molar-refractivity contribution in [1.29, 1.82) is 0 Å². The van der Waals surface area contributed by atoms with Gasteiger partial charge in [0.15, 0.2) is 0 Å². The van der Waals surface area contributed by atoms with Crippen molar-refractivity contribution >= 4 is 22.0 Å². The van der Waals surface area contributed by atoms with Gasteiger partial charge in [-0.1, -0.05) is 72.2 Å². The minimum atomic E-state index is -0.0597. The predicted octanol–water partition coefficient (Wildman–Crippen LogP) is 4.99. The van der Waals surface area contributed by atoms with Crippen LogP contribution >= 0.6 is 15.9 Å². The molecular weight excluding hydrogens is 352 g/mol. The lowest BCUT2D eigenvalue weighted by Crippen LogP contribution is -2.40. The highest BCUT2D eigenvalue weighted by atomic mass is 79.9. The molecule has 23 heavy (non-hydrogen) atoms. The molecule has 2 amide bonds. The van der Waals surface area contributed by atoms with Crippen LogP contribution in [0.5, 0.6) is 0 Å². The van der Waals surface area contributed by atoms with Crippen LogP contribution in [0.15, 0.2) is 59.1 Å². The second-order valence-corrected chi connectivity index (χ2v) is 6.98. The van der Waals surface area contributed by atoms with Crippen molar-refractivity contribution in [3.8, 4) is 0 Å². The molecule has 0 bridgehead atoms. The van der Waals surface area contributed by atoms with E-state index in [1.807, 2.05) is 49.5 Å². The molecule has 0 aromatic heterocycles. The number of nitrogens with one attached hydrogen (secondary N) is 1. The van der Waals surface area contributed by atoms with Gasteiger partial charge in [0.1, 0.15) is 0 Å². The average Bonchev–Trinajstić information content (AvgIpc) is 2.55. The molecule has 1 N–H and O–H groups in total. The largest absolute Gasteiger partial charge is 0.331 e. The quantitative estimate of drug-likeness (QED) is 0.785. The number of amides is 2. The number of nitrogens with zero attached hydrogens (tertiary/aromatic N) is 1. The Morgan fingerprint density at radius 3 is 2.26 bits per heavy atom. The van der Waals surface area contributed by atoms with E-state index in [1.165, 1.54) is 0 Å². The highest BCUT2D eigenvalue weighted by Crippen LogP contribution is 2.21. The molecule has 0 radical (unpaired) electrons. The molecule has 0 saturated carbocycles. The van der Waals surface area contributed by atoms with Crippen molar-refractivity contribution < 1.29 is 4.79 Å². The standard InChI is InChI=1S/C19H23BrN2O/c1-14(2)18(16-7-5-4-6-8-16)21-19(23)22(3)13-15-9-11-17(20)12-10-15/h4-12,14,18H,13H2,1-3H3,(H,21,23). The summed E-state index contributed by atoms with van der Waals surface area (Å²) >= 11 is 3.42. The smallest absolute Gasteiger partial charge is 0.317 e. The Bertz CT molecular complexity index is 626. The van der Waals surface area contributed by atoms with Gasteiger partial charge in [0.25, 0.3) is 0 Å². The van der Waals surface area contributed by atoms with Gasteiger partial charge in [0, 0.05) is 18.1 Å². The highest BCUT2D eigenvalue weighted by molar-refractivity contribution is 9.10. The van der Waals surface area contributed by atoms with E-state index >= 15 is 0 Å². The van der Waals surface area contributed by atoms with E-state index < -0.39 is 0 Å². The second-order valence-electron chi connectivity index (χ2n) is 6.06. The Morgan fingerprint density at radius 2 is 1.70 bits per heavy atom. The van der Waals surface area contributed by atoms with E-state index in [1.54, 1.807) is 4.90 Å². The van der Waals surface area contributed by atoms with Crippen molar-refractivity contribution in [2.24, 2.45) is 5.92 Å². The summed E-state index contributed by atoms with van der Waals surface area (Å²) < 4.78 is 1.04. The molecule has 1 atom stereocenters. The van der Waals surface area contributed by atoms with Gasteiger partial charge in [0.05, 0.1) is 6.04 Å². The van der Waals surface area contributed by atoms with Crippen LogP contribution in [0.3, 0.4) is 0 Å². The van der Waals surface area contributed by atoms with Gasteiger partial charge in [0.2, 0.25) is 0 Å². The van der Waals surface area contributed by atoms with Gasteiger partial charge in [-0.3, -0.25) is 0 Å². The Kier molecular flexibility index (Phi) is 6.22. The molecule has 2 aromatic carbocycles. The van der Waals surface area contributed by atoms with Gasteiger partial charge >= 0.3 is 6.03 Å². The van der Waals surface area contributed by atoms with Crippen LogP contribution in [0.1, 0.15) is 31.0 Å². The monoisotopic (exact) mass is 374 g/mol. The van der Waals surface area contributed by atoms with E-state index in [9.17, 15) is 4.79 Å². The van der Waals surface area contributed by atoms with E-state index in [2.05, 4.69) is 47.2 Å². The van der Waals surface area contributed by atoms with Gasteiger partial charge in [-0.05, 0) is 29.2 Å². The first kappa shape index (κ1) is 17.5. The van der Waals surface area contributed by atoms with Crippen LogP contribution in [-0.4, -0.2) is 18.0 Å². The Hall–Kier alpha value is -1.81. The second kappa shape index (κ2) is 8.16. The van der Waals surface area contributed by atoms with Gasteiger partial charge in [-0.2, -0.15) is 0 Å². The molecule has 122 valence electrons. The zero-order valence-electron chi connectivity index (χ0n) is 13.8. The Morgan fingerprint density at radius 1 is 1.09 bits per heavy atom. The summed E-state index contributed by atoms with van der Waals surface area (Å²) in [5.41, 5.74) is 2.24. The molecule has 3 nitrogen and oxygen atoms in total. The summed E-state index contributed by atoms with van der Waals surface area (Å²) in [6.07, 6.45) is 0. The summed E-state index contributed by atoms with van der Waals surface area (Å²) in [7, 11) is 1.82. The first-order valence-corrected chi connectivity index (χ1v) is 8.57. The lowest BCUT2D eigenvalue weighted by atomic mass is 9.96. The first-order chi connectivity index (χ1) is 11.0. The molecule has 0 aliphatic heterocycles. The maximum atomic E-state index is 12.5. The molecule has 2 aromatic rings. The van der Waals surface area contributed by atoms with Crippen LogP contribution in [0, 0.1) is 5.92 Å². The molecule has 0 fully saturated rings. The molecule has 2 rings (SSSR count). The molecule has 0 saturated heterocycles.